The molecule has 1 amide bonds. The van der Waals surface area contributed by atoms with Gasteiger partial charge in [0.05, 0.1) is 17.9 Å². The third-order valence-corrected chi connectivity index (χ3v) is 6.03. The van der Waals surface area contributed by atoms with Crippen LogP contribution in [0.25, 0.3) is 11.0 Å². The zero-order chi connectivity index (χ0) is 23.2. The third kappa shape index (κ3) is 5.38. The number of nitrogens with one attached hydrogen (secondary N) is 4. The molecular formula is C25H26FN5O2. The molecule has 3 aromatic rings. The number of carbonyl (C=O) groups excluding carboxylic acids is 1. The summed E-state index contributed by atoms with van der Waals surface area (Å²) in [7, 11) is 0. The van der Waals surface area contributed by atoms with E-state index in [-0.39, 0.29) is 23.5 Å². The summed E-state index contributed by atoms with van der Waals surface area (Å²) in [6, 6.07) is 11.8. The molecular weight excluding hydrogens is 421 g/mol. The van der Waals surface area contributed by atoms with Crippen LogP contribution in [0, 0.1) is 28.5 Å². The second-order valence-electron chi connectivity index (χ2n) is 8.26. The van der Waals surface area contributed by atoms with Crippen LogP contribution in [0.5, 0.6) is 0 Å². The molecule has 1 aliphatic heterocycles. The highest BCUT2D eigenvalue weighted by Crippen LogP contribution is 2.25. The van der Waals surface area contributed by atoms with Crippen LogP contribution < -0.4 is 16.0 Å². The molecule has 0 radical (unpaired) electrons. The van der Waals surface area contributed by atoms with Gasteiger partial charge in [-0.1, -0.05) is 6.07 Å². The second-order valence-corrected chi connectivity index (χ2v) is 8.26. The Morgan fingerprint density at radius 2 is 2.06 bits per heavy atom. The van der Waals surface area contributed by atoms with E-state index in [1.165, 1.54) is 12.1 Å². The highest BCUT2D eigenvalue weighted by Gasteiger charge is 2.18. The molecule has 1 fully saturated rings. The van der Waals surface area contributed by atoms with Crippen LogP contribution >= 0.6 is 0 Å². The molecule has 7 nitrogen and oxygen atoms in total. The molecule has 0 spiro atoms. The molecule has 0 aliphatic carbocycles. The molecule has 2 heterocycles. The SMILES string of the molecule is N#Cc1cc(CCc2c(F)cccc2C(=O)NC(=N)NCC2CCNCC2)c2occc2c1. The number of nitrogens with zero attached hydrogens (tertiary/aromatic N) is 1. The normalized spacial score (nSPS) is 14.1. The Morgan fingerprint density at radius 1 is 1.24 bits per heavy atom. The van der Waals surface area contributed by atoms with Crippen molar-refractivity contribution in [2.45, 2.75) is 25.7 Å². The molecule has 170 valence electrons. The molecule has 1 aliphatic rings. The Bertz CT molecular complexity index is 1210. The van der Waals surface area contributed by atoms with E-state index in [4.69, 9.17) is 9.83 Å². The van der Waals surface area contributed by atoms with Gasteiger partial charge in [-0.25, -0.2) is 4.39 Å². The molecule has 1 aromatic heterocycles. The maximum Gasteiger partial charge on any atom is 0.258 e. The lowest BCUT2D eigenvalue weighted by Gasteiger charge is -2.23. The average molecular weight is 448 g/mol. The minimum atomic E-state index is -0.527. The Kier molecular flexibility index (Phi) is 7.01. The van der Waals surface area contributed by atoms with E-state index in [0.717, 1.165) is 36.9 Å². The molecule has 0 unspecified atom stereocenters. The van der Waals surface area contributed by atoms with Gasteiger partial charge in [-0.2, -0.15) is 5.26 Å². The predicted molar refractivity (Wildman–Crippen MR) is 124 cm³/mol. The van der Waals surface area contributed by atoms with Gasteiger partial charge in [0.2, 0.25) is 0 Å². The molecule has 0 saturated carbocycles. The van der Waals surface area contributed by atoms with E-state index in [1.54, 1.807) is 30.5 Å². The standard InChI is InChI=1S/C25H26FN5O2/c26-22-3-1-2-21(24(32)31-25(28)30-15-16-6-9-29-10-7-16)20(22)5-4-18-12-17(14-27)13-19-8-11-33-23(18)19/h1-3,8,11-13,16,29H,4-7,9-10,15H2,(H3,28,30,31,32). The number of halogens is 1. The van der Waals surface area contributed by atoms with Crippen molar-refractivity contribution in [2.24, 2.45) is 5.92 Å². The molecule has 4 N–H and O–H groups in total. The van der Waals surface area contributed by atoms with E-state index in [9.17, 15) is 14.4 Å². The van der Waals surface area contributed by atoms with Crippen LogP contribution in [0.15, 0.2) is 47.1 Å². The maximum atomic E-state index is 14.7. The van der Waals surface area contributed by atoms with Gasteiger partial charge in [0.1, 0.15) is 11.4 Å². The quantitative estimate of drug-likeness (QED) is 0.341. The number of carbonyl (C=O) groups is 1. The van der Waals surface area contributed by atoms with Crippen LogP contribution in [0.1, 0.15) is 39.9 Å². The van der Waals surface area contributed by atoms with E-state index in [2.05, 4.69) is 22.0 Å². The molecule has 1 saturated heterocycles. The number of nitriles is 1. The van der Waals surface area contributed by atoms with Crippen LogP contribution in [0.2, 0.25) is 0 Å². The Labute approximate surface area is 191 Å². The van der Waals surface area contributed by atoms with Crippen molar-refractivity contribution in [1.29, 1.82) is 10.7 Å². The number of benzene rings is 2. The van der Waals surface area contributed by atoms with E-state index >= 15 is 0 Å². The summed E-state index contributed by atoms with van der Waals surface area (Å²) in [5.41, 5.74) is 2.39. The van der Waals surface area contributed by atoms with Crippen molar-refractivity contribution in [3.8, 4) is 6.07 Å². The molecule has 33 heavy (non-hydrogen) atoms. The minimum Gasteiger partial charge on any atom is -0.464 e. The highest BCUT2D eigenvalue weighted by atomic mass is 19.1. The number of amides is 1. The molecule has 8 heteroatoms. The van der Waals surface area contributed by atoms with Crippen molar-refractivity contribution in [3.63, 3.8) is 0 Å². The zero-order valence-electron chi connectivity index (χ0n) is 18.2. The maximum absolute atomic E-state index is 14.7. The summed E-state index contributed by atoms with van der Waals surface area (Å²) < 4.78 is 20.3. The van der Waals surface area contributed by atoms with Gasteiger partial charge in [-0.05, 0) is 80.6 Å². The first-order valence-corrected chi connectivity index (χ1v) is 11.1. The zero-order valence-corrected chi connectivity index (χ0v) is 18.2. The van der Waals surface area contributed by atoms with Crippen molar-refractivity contribution >= 4 is 22.8 Å². The Balaban J connectivity index is 1.45. The summed E-state index contributed by atoms with van der Waals surface area (Å²) in [5.74, 6) is -0.645. The number of piperidine rings is 1. The van der Waals surface area contributed by atoms with Crippen molar-refractivity contribution < 1.29 is 13.6 Å². The summed E-state index contributed by atoms with van der Waals surface area (Å²) in [4.78, 5) is 12.8. The molecule has 4 rings (SSSR count). The number of aryl methyl sites for hydroxylation is 1. The lowest BCUT2D eigenvalue weighted by atomic mass is 9.97. The number of hydrogen-bond donors (Lipinski definition) is 4. The minimum absolute atomic E-state index is 0.0900. The van der Waals surface area contributed by atoms with Crippen LogP contribution in [0.4, 0.5) is 4.39 Å². The topological polar surface area (TPSA) is 114 Å². The number of furan rings is 1. The fourth-order valence-corrected chi connectivity index (χ4v) is 4.25. The fourth-order valence-electron chi connectivity index (χ4n) is 4.25. The van der Waals surface area contributed by atoms with Gasteiger partial charge in [0, 0.05) is 23.1 Å². The lowest BCUT2D eigenvalue weighted by molar-refractivity contribution is 0.0974. The monoisotopic (exact) mass is 447 g/mol. The number of guanidine groups is 1. The molecule has 2 aromatic carbocycles. The van der Waals surface area contributed by atoms with Crippen LogP contribution in [0.3, 0.4) is 0 Å². The van der Waals surface area contributed by atoms with Crippen molar-refractivity contribution in [1.82, 2.24) is 16.0 Å². The van der Waals surface area contributed by atoms with E-state index < -0.39 is 11.7 Å². The molecule has 0 atom stereocenters. The van der Waals surface area contributed by atoms with E-state index in [0.29, 0.717) is 30.0 Å². The summed E-state index contributed by atoms with van der Waals surface area (Å²) >= 11 is 0. The number of rotatable bonds is 6. The first kappa shape index (κ1) is 22.5. The van der Waals surface area contributed by atoms with Gasteiger partial charge >= 0.3 is 0 Å². The van der Waals surface area contributed by atoms with Crippen molar-refractivity contribution in [3.05, 3.63) is 70.7 Å². The Hall–Kier alpha value is -3.70. The Morgan fingerprint density at radius 3 is 2.85 bits per heavy atom. The summed E-state index contributed by atoms with van der Waals surface area (Å²) in [6.07, 6.45) is 4.25. The average Bonchev–Trinajstić information content (AvgIpc) is 3.31. The van der Waals surface area contributed by atoms with E-state index in [1.807, 2.05) is 0 Å². The van der Waals surface area contributed by atoms with Crippen LogP contribution in [-0.2, 0) is 12.8 Å². The fraction of sp³-hybridized carbons (Fsp3) is 0.320. The van der Waals surface area contributed by atoms with Crippen LogP contribution in [-0.4, -0.2) is 31.5 Å². The van der Waals surface area contributed by atoms with Crippen molar-refractivity contribution in [2.75, 3.05) is 19.6 Å². The lowest BCUT2D eigenvalue weighted by Crippen LogP contribution is -2.43. The first-order chi connectivity index (χ1) is 16.0. The third-order valence-electron chi connectivity index (χ3n) is 6.03. The van der Waals surface area contributed by atoms with Gasteiger partial charge in [0.25, 0.3) is 5.91 Å². The van der Waals surface area contributed by atoms with Gasteiger partial charge in [0.15, 0.2) is 5.96 Å². The molecule has 0 bridgehead atoms. The summed E-state index contributed by atoms with van der Waals surface area (Å²) in [6.45, 7) is 2.53. The smallest absolute Gasteiger partial charge is 0.258 e. The second kappa shape index (κ2) is 10.3. The first-order valence-electron chi connectivity index (χ1n) is 11.1. The number of hydrogen-bond acceptors (Lipinski definition) is 5. The largest absolute Gasteiger partial charge is 0.464 e. The summed E-state index contributed by atoms with van der Waals surface area (Å²) in [5, 5.41) is 27.0. The predicted octanol–water partition coefficient (Wildman–Crippen LogP) is 3.48. The highest BCUT2D eigenvalue weighted by molar-refractivity contribution is 6.05. The van der Waals surface area contributed by atoms with Gasteiger partial charge in [-0.15, -0.1) is 0 Å². The van der Waals surface area contributed by atoms with Gasteiger partial charge < -0.3 is 15.1 Å². The number of fused-ring (bicyclic) bond motifs is 1. The van der Waals surface area contributed by atoms with Gasteiger partial charge in [-0.3, -0.25) is 15.5 Å².